The Morgan fingerprint density at radius 1 is 0.696 bits per heavy atom. The van der Waals surface area contributed by atoms with Crippen LogP contribution in [0.3, 0.4) is 0 Å². The zero-order valence-corrected chi connectivity index (χ0v) is 18.8. The summed E-state index contributed by atoms with van der Waals surface area (Å²) < 4.78 is 0. The third-order valence-electron chi connectivity index (χ3n) is 3.20. The molecule has 128 valence electrons. The average Bonchev–Trinajstić information content (AvgIpc) is 2.39. The number of aryl methyl sites for hydroxylation is 2. The normalized spacial score (nSPS) is 9.04. The van der Waals surface area contributed by atoms with E-state index in [9.17, 15) is 0 Å². The molecule has 0 atom stereocenters. The molecular formula is C20H26Cl2Os. The monoisotopic (exact) mass is 528 g/mol. The molecule has 0 aromatic heterocycles. The zero-order valence-electron chi connectivity index (χ0n) is 14.7. The first-order chi connectivity index (χ1) is 9.40. The Balaban J connectivity index is -0.000000308. The predicted octanol–water partition coefficient (Wildman–Crippen LogP) is -0.157. The van der Waals surface area contributed by atoms with Gasteiger partial charge < -0.3 is 24.8 Å². The van der Waals surface area contributed by atoms with Gasteiger partial charge >= 0.3 is 19.8 Å². The Kier molecular flexibility index (Phi) is 16.8. The molecule has 0 fully saturated rings. The summed E-state index contributed by atoms with van der Waals surface area (Å²) in [6, 6.07) is 18.9. The maximum atomic E-state index is 3.21. The molecule has 0 aliphatic rings. The van der Waals surface area contributed by atoms with Gasteiger partial charge in [0.25, 0.3) is 0 Å². The molecule has 2 aromatic carbocycles. The minimum absolute atomic E-state index is 0. The molecule has 0 N–H and O–H groups in total. The summed E-state index contributed by atoms with van der Waals surface area (Å²) in [6.45, 7) is 13.0. The molecule has 0 saturated carbocycles. The van der Waals surface area contributed by atoms with E-state index in [1.807, 2.05) is 12.1 Å². The van der Waals surface area contributed by atoms with Gasteiger partial charge in [0.2, 0.25) is 0 Å². The van der Waals surface area contributed by atoms with Crippen molar-refractivity contribution in [2.75, 3.05) is 0 Å². The summed E-state index contributed by atoms with van der Waals surface area (Å²) in [6.07, 6.45) is 0. The van der Waals surface area contributed by atoms with E-state index in [0.717, 1.165) is 0 Å². The Morgan fingerprint density at radius 3 is 1.17 bits per heavy atom. The molecule has 0 bridgehead atoms. The molecular weight excluding hydrogens is 501 g/mol. The molecule has 0 nitrogen and oxygen atoms in total. The van der Waals surface area contributed by atoms with Crippen LogP contribution in [0.1, 0.15) is 61.8 Å². The van der Waals surface area contributed by atoms with Gasteiger partial charge in [-0.1, -0.05) is 41.5 Å². The van der Waals surface area contributed by atoms with Gasteiger partial charge in [-0.3, -0.25) is 0 Å². The van der Waals surface area contributed by atoms with Gasteiger partial charge in [-0.25, -0.2) is 0 Å². The Bertz CT molecular complexity index is 487. The van der Waals surface area contributed by atoms with Crippen LogP contribution in [0.2, 0.25) is 0 Å². The molecule has 2 rings (SSSR count). The summed E-state index contributed by atoms with van der Waals surface area (Å²) in [5, 5.41) is 0. The van der Waals surface area contributed by atoms with Crippen LogP contribution in [-0.4, -0.2) is 0 Å². The Morgan fingerprint density at radius 2 is 1.00 bits per heavy atom. The maximum absolute atomic E-state index is 3.21. The van der Waals surface area contributed by atoms with Crippen molar-refractivity contribution in [1.29, 1.82) is 0 Å². The average molecular weight is 528 g/mol. The van der Waals surface area contributed by atoms with E-state index in [1.54, 1.807) is 0 Å². The first-order valence-corrected chi connectivity index (χ1v) is 7.36. The van der Waals surface area contributed by atoms with E-state index >= 15 is 0 Å². The summed E-state index contributed by atoms with van der Waals surface area (Å²) >= 11 is 0. The molecule has 0 aliphatic heterocycles. The molecule has 0 aliphatic carbocycles. The molecule has 0 spiro atoms. The number of halogens is 2. The van der Waals surface area contributed by atoms with Gasteiger partial charge in [-0.15, -0.1) is 0 Å². The number of hydrogen-bond donors (Lipinski definition) is 0. The van der Waals surface area contributed by atoms with Crippen molar-refractivity contribution in [3.05, 3.63) is 70.8 Å². The van der Waals surface area contributed by atoms with E-state index in [1.165, 1.54) is 22.3 Å². The molecule has 0 radical (unpaired) electrons. The van der Waals surface area contributed by atoms with E-state index < -0.39 is 0 Å². The van der Waals surface area contributed by atoms with Gasteiger partial charge in [0, 0.05) is 0 Å². The predicted molar refractivity (Wildman–Crippen MR) is 88.2 cm³/mol. The molecule has 3 heteroatoms. The fourth-order valence-electron chi connectivity index (χ4n) is 1.88. The van der Waals surface area contributed by atoms with Crippen LogP contribution >= 0.6 is 0 Å². The largest absolute Gasteiger partial charge is 4.00 e. The minimum Gasteiger partial charge on any atom is -1.00 e. The van der Waals surface area contributed by atoms with Crippen LogP contribution in [-0.2, 0) is 19.8 Å². The van der Waals surface area contributed by atoms with Gasteiger partial charge in [-0.05, 0) is 11.8 Å². The first kappa shape index (κ1) is 27.5. The fraction of sp³-hybridized carbons (Fsp3) is 0.400. The Hall–Kier alpha value is -0.344. The van der Waals surface area contributed by atoms with Crippen LogP contribution in [0.15, 0.2) is 36.4 Å². The van der Waals surface area contributed by atoms with Crippen molar-refractivity contribution in [1.82, 2.24) is 0 Å². The Labute approximate surface area is 168 Å². The quantitative estimate of drug-likeness (QED) is 0.477. The van der Waals surface area contributed by atoms with Gasteiger partial charge in [0.15, 0.2) is 0 Å². The van der Waals surface area contributed by atoms with Crippen LogP contribution in [0, 0.1) is 26.0 Å². The second-order valence-corrected chi connectivity index (χ2v) is 5.95. The smallest absolute Gasteiger partial charge is 1.00 e. The van der Waals surface area contributed by atoms with E-state index in [-0.39, 0.29) is 44.6 Å². The molecule has 2 aromatic rings. The van der Waals surface area contributed by atoms with Gasteiger partial charge in [0.05, 0.1) is 0 Å². The van der Waals surface area contributed by atoms with Crippen molar-refractivity contribution in [2.45, 2.75) is 53.4 Å². The molecule has 0 saturated heterocycles. The van der Waals surface area contributed by atoms with Crippen molar-refractivity contribution in [2.24, 2.45) is 0 Å². The number of rotatable bonds is 2. The molecule has 23 heavy (non-hydrogen) atoms. The molecule has 0 unspecified atom stereocenters. The van der Waals surface area contributed by atoms with E-state index in [4.69, 9.17) is 0 Å². The number of hydrogen-bond acceptors (Lipinski definition) is 0. The second-order valence-electron chi connectivity index (χ2n) is 5.95. The SMILES string of the molecule is Cc1cc[c-]c(C(C)C)c1.Cc1cc[c-]c(C(C)C)c1.[Cl-].[Cl-].[Os+4]. The molecule has 0 heterocycles. The van der Waals surface area contributed by atoms with Crippen LogP contribution in [0.5, 0.6) is 0 Å². The van der Waals surface area contributed by atoms with E-state index in [0.29, 0.717) is 11.8 Å². The van der Waals surface area contributed by atoms with Gasteiger partial charge in [0.1, 0.15) is 0 Å². The second kappa shape index (κ2) is 14.0. The van der Waals surface area contributed by atoms with Crippen molar-refractivity contribution in [3.63, 3.8) is 0 Å². The third kappa shape index (κ3) is 10.9. The van der Waals surface area contributed by atoms with Crippen molar-refractivity contribution in [3.8, 4) is 0 Å². The van der Waals surface area contributed by atoms with Gasteiger partial charge in [-0.2, -0.15) is 70.8 Å². The zero-order chi connectivity index (χ0) is 15.1. The van der Waals surface area contributed by atoms with E-state index in [2.05, 4.69) is 77.9 Å². The third-order valence-corrected chi connectivity index (χ3v) is 3.20. The first-order valence-electron chi connectivity index (χ1n) is 7.36. The summed E-state index contributed by atoms with van der Waals surface area (Å²) in [5.41, 5.74) is 5.25. The standard InChI is InChI=1S/2C10H13.2ClH.Os/c2*1-8(2)10-6-4-5-9(3)7-10;;;/h2*4-5,7-8H,1-3H3;2*1H;/q2*-1;;;+4/p-2. The summed E-state index contributed by atoms with van der Waals surface area (Å²) in [7, 11) is 0. The van der Waals surface area contributed by atoms with Crippen molar-refractivity contribution >= 4 is 0 Å². The van der Waals surface area contributed by atoms with Crippen LogP contribution in [0.25, 0.3) is 0 Å². The topological polar surface area (TPSA) is 0 Å². The molecule has 0 amide bonds. The van der Waals surface area contributed by atoms with Crippen LogP contribution < -0.4 is 24.8 Å². The van der Waals surface area contributed by atoms with Crippen molar-refractivity contribution < 1.29 is 44.6 Å². The minimum atomic E-state index is 0. The maximum Gasteiger partial charge on any atom is 4.00 e. The summed E-state index contributed by atoms with van der Waals surface area (Å²) in [4.78, 5) is 0. The fourth-order valence-corrected chi connectivity index (χ4v) is 1.88. The number of benzene rings is 2. The van der Waals surface area contributed by atoms with Crippen LogP contribution in [0.4, 0.5) is 0 Å². The summed E-state index contributed by atoms with van der Waals surface area (Å²) in [5.74, 6) is 1.19.